The van der Waals surface area contributed by atoms with E-state index >= 15 is 0 Å². The van der Waals surface area contributed by atoms with E-state index in [1.165, 1.54) is 0 Å². The van der Waals surface area contributed by atoms with Gasteiger partial charge in [-0.05, 0) is 18.2 Å². The van der Waals surface area contributed by atoms with E-state index in [9.17, 15) is 4.79 Å². The minimum absolute atomic E-state index is 0.00889. The number of carbonyl (C=O) groups excluding carboxylic acids is 1. The zero-order valence-corrected chi connectivity index (χ0v) is 12.3. The van der Waals surface area contributed by atoms with Crippen LogP contribution in [0.1, 0.15) is 10.4 Å². The summed E-state index contributed by atoms with van der Waals surface area (Å²) in [5.41, 5.74) is 0.631. The molecule has 5 heteroatoms. The van der Waals surface area contributed by atoms with Crippen LogP contribution < -0.4 is 4.74 Å². The second kappa shape index (κ2) is 8.11. The van der Waals surface area contributed by atoms with Gasteiger partial charge in [-0.3, -0.25) is 4.79 Å². The monoisotopic (exact) mass is 315 g/mol. The van der Waals surface area contributed by atoms with Crippen molar-refractivity contribution in [3.05, 3.63) is 29.8 Å². The molecule has 0 bridgehead atoms. The molecule has 0 saturated carbocycles. The Labute approximate surface area is 116 Å². The molecule has 0 spiro atoms. The summed E-state index contributed by atoms with van der Waals surface area (Å²) in [7, 11) is 3.22. The lowest BCUT2D eigenvalue weighted by Crippen LogP contribution is -2.35. The topological polar surface area (TPSA) is 38.8 Å². The van der Waals surface area contributed by atoms with Gasteiger partial charge in [0.2, 0.25) is 0 Å². The van der Waals surface area contributed by atoms with Gasteiger partial charge in [-0.15, -0.1) is 0 Å². The number of amides is 1. The number of methoxy groups -OCH3 is 2. The van der Waals surface area contributed by atoms with Crippen molar-refractivity contribution < 1.29 is 14.3 Å². The Bertz CT molecular complexity index is 384. The molecular weight excluding hydrogens is 298 g/mol. The molecule has 0 saturated heterocycles. The molecule has 0 radical (unpaired) electrons. The van der Waals surface area contributed by atoms with E-state index in [0.29, 0.717) is 31.0 Å². The Morgan fingerprint density at radius 1 is 1.33 bits per heavy atom. The molecule has 0 aliphatic carbocycles. The fourth-order valence-corrected chi connectivity index (χ4v) is 1.99. The molecule has 0 aliphatic rings. The zero-order valence-electron chi connectivity index (χ0n) is 10.7. The van der Waals surface area contributed by atoms with Crippen LogP contribution in [0.15, 0.2) is 24.3 Å². The SMILES string of the molecule is COCCN(CCBr)C(=O)c1cccc(OC)c1. The first kappa shape index (κ1) is 15.0. The standard InChI is InChI=1S/C13H18BrNO3/c1-17-9-8-15(7-6-14)13(16)11-4-3-5-12(10-11)18-2/h3-5,10H,6-9H2,1-2H3. The van der Waals surface area contributed by atoms with Crippen molar-refractivity contribution in [2.24, 2.45) is 0 Å². The van der Waals surface area contributed by atoms with E-state index in [1.807, 2.05) is 12.1 Å². The number of benzene rings is 1. The van der Waals surface area contributed by atoms with Crippen molar-refractivity contribution in [1.82, 2.24) is 4.90 Å². The highest BCUT2D eigenvalue weighted by Crippen LogP contribution is 2.14. The summed E-state index contributed by atoms with van der Waals surface area (Å²) in [6, 6.07) is 7.17. The molecule has 1 amide bonds. The number of hydrogen-bond acceptors (Lipinski definition) is 3. The molecule has 0 fully saturated rings. The van der Waals surface area contributed by atoms with Gasteiger partial charge in [0, 0.05) is 31.1 Å². The van der Waals surface area contributed by atoms with Gasteiger partial charge < -0.3 is 14.4 Å². The fourth-order valence-electron chi connectivity index (χ4n) is 1.56. The van der Waals surface area contributed by atoms with Gasteiger partial charge in [0.15, 0.2) is 0 Å². The summed E-state index contributed by atoms with van der Waals surface area (Å²) in [6.45, 7) is 1.76. The molecule has 1 aromatic carbocycles. The molecule has 4 nitrogen and oxygen atoms in total. The van der Waals surface area contributed by atoms with Gasteiger partial charge in [0.25, 0.3) is 5.91 Å². The van der Waals surface area contributed by atoms with Gasteiger partial charge in [-0.2, -0.15) is 0 Å². The number of halogens is 1. The van der Waals surface area contributed by atoms with Crippen molar-refractivity contribution in [3.63, 3.8) is 0 Å². The van der Waals surface area contributed by atoms with Crippen LogP contribution in [0.4, 0.5) is 0 Å². The highest BCUT2D eigenvalue weighted by molar-refractivity contribution is 9.09. The van der Waals surface area contributed by atoms with Crippen molar-refractivity contribution in [3.8, 4) is 5.75 Å². The normalized spacial score (nSPS) is 10.2. The van der Waals surface area contributed by atoms with Gasteiger partial charge in [0.05, 0.1) is 13.7 Å². The molecule has 100 valence electrons. The van der Waals surface area contributed by atoms with Gasteiger partial charge in [-0.1, -0.05) is 22.0 Å². The Morgan fingerprint density at radius 2 is 2.11 bits per heavy atom. The largest absolute Gasteiger partial charge is 0.497 e. The molecule has 0 atom stereocenters. The summed E-state index contributed by atoms with van der Waals surface area (Å²) in [6.07, 6.45) is 0. The minimum Gasteiger partial charge on any atom is -0.497 e. The van der Waals surface area contributed by atoms with Crippen molar-refractivity contribution in [1.29, 1.82) is 0 Å². The zero-order chi connectivity index (χ0) is 13.4. The summed E-state index contributed by atoms with van der Waals surface area (Å²) in [5.74, 6) is 0.678. The summed E-state index contributed by atoms with van der Waals surface area (Å²) in [4.78, 5) is 14.1. The van der Waals surface area contributed by atoms with E-state index in [2.05, 4.69) is 15.9 Å². The van der Waals surface area contributed by atoms with Crippen LogP contribution in [-0.2, 0) is 4.74 Å². The Kier molecular flexibility index (Phi) is 6.75. The highest BCUT2D eigenvalue weighted by Gasteiger charge is 2.15. The van der Waals surface area contributed by atoms with Crippen LogP contribution in [0.3, 0.4) is 0 Å². The van der Waals surface area contributed by atoms with E-state index in [4.69, 9.17) is 9.47 Å². The third-order valence-electron chi connectivity index (χ3n) is 2.52. The molecule has 1 rings (SSSR count). The quantitative estimate of drug-likeness (QED) is 0.724. The third kappa shape index (κ3) is 4.31. The average molecular weight is 316 g/mol. The van der Waals surface area contributed by atoms with Crippen molar-refractivity contribution in [2.75, 3.05) is 39.2 Å². The molecule has 0 unspecified atom stereocenters. The van der Waals surface area contributed by atoms with Crippen molar-refractivity contribution in [2.45, 2.75) is 0 Å². The van der Waals surface area contributed by atoms with Gasteiger partial charge in [0.1, 0.15) is 5.75 Å². The second-order valence-corrected chi connectivity index (χ2v) is 4.50. The van der Waals surface area contributed by atoms with E-state index in [-0.39, 0.29) is 5.91 Å². The highest BCUT2D eigenvalue weighted by atomic mass is 79.9. The van der Waals surface area contributed by atoms with Gasteiger partial charge >= 0.3 is 0 Å². The first-order valence-electron chi connectivity index (χ1n) is 5.71. The molecule has 1 aromatic rings. The fraction of sp³-hybridized carbons (Fsp3) is 0.462. The molecule has 18 heavy (non-hydrogen) atoms. The first-order chi connectivity index (χ1) is 8.72. The van der Waals surface area contributed by atoms with Gasteiger partial charge in [-0.25, -0.2) is 0 Å². The van der Waals surface area contributed by atoms with Crippen LogP contribution in [0, 0.1) is 0 Å². The van der Waals surface area contributed by atoms with Crippen LogP contribution in [0.2, 0.25) is 0 Å². The lowest BCUT2D eigenvalue weighted by molar-refractivity contribution is 0.0708. The predicted octanol–water partition coefficient (Wildman–Crippen LogP) is 2.18. The maximum absolute atomic E-state index is 12.3. The van der Waals surface area contributed by atoms with Crippen LogP contribution >= 0.6 is 15.9 Å². The van der Waals surface area contributed by atoms with Crippen LogP contribution in [0.5, 0.6) is 5.75 Å². The Morgan fingerprint density at radius 3 is 2.72 bits per heavy atom. The second-order valence-electron chi connectivity index (χ2n) is 3.71. The third-order valence-corrected chi connectivity index (χ3v) is 2.88. The smallest absolute Gasteiger partial charge is 0.254 e. The Balaban J connectivity index is 2.79. The lowest BCUT2D eigenvalue weighted by Gasteiger charge is -2.21. The Hall–Kier alpha value is -1.07. The molecule has 0 N–H and O–H groups in total. The number of alkyl halides is 1. The lowest BCUT2D eigenvalue weighted by atomic mass is 10.2. The van der Waals surface area contributed by atoms with Crippen LogP contribution in [0.25, 0.3) is 0 Å². The molecule has 0 aliphatic heterocycles. The summed E-state index contributed by atoms with van der Waals surface area (Å²) in [5, 5.41) is 0.742. The first-order valence-corrected chi connectivity index (χ1v) is 6.83. The number of hydrogen-bond donors (Lipinski definition) is 0. The maximum Gasteiger partial charge on any atom is 0.254 e. The molecule has 0 aromatic heterocycles. The predicted molar refractivity (Wildman–Crippen MR) is 74.6 cm³/mol. The minimum atomic E-state index is -0.00889. The molecular formula is C13H18BrNO3. The average Bonchev–Trinajstić information content (AvgIpc) is 2.42. The maximum atomic E-state index is 12.3. The summed E-state index contributed by atoms with van der Waals surface area (Å²) < 4.78 is 10.1. The number of carbonyl (C=O) groups is 1. The summed E-state index contributed by atoms with van der Waals surface area (Å²) >= 11 is 3.35. The van der Waals surface area contributed by atoms with Crippen molar-refractivity contribution >= 4 is 21.8 Å². The van der Waals surface area contributed by atoms with E-state index in [0.717, 1.165) is 5.33 Å². The number of nitrogens with zero attached hydrogens (tertiary/aromatic N) is 1. The molecule has 0 heterocycles. The van der Waals surface area contributed by atoms with E-state index < -0.39 is 0 Å². The van der Waals surface area contributed by atoms with Crippen LogP contribution in [-0.4, -0.2) is 50.1 Å². The number of rotatable bonds is 7. The number of ether oxygens (including phenoxy) is 2. The van der Waals surface area contributed by atoms with E-state index in [1.54, 1.807) is 31.3 Å².